The van der Waals surface area contributed by atoms with Crippen LogP contribution in [0.1, 0.15) is 43.2 Å². The van der Waals surface area contributed by atoms with Crippen LogP contribution in [0.2, 0.25) is 0 Å². The van der Waals surface area contributed by atoms with Crippen molar-refractivity contribution in [1.82, 2.24) is 4.90 Å². The average Bonchev–Trinajstić information content (AvgIpc) is 3.17. The van der Waals surface area contributed by atoms with Gasteiger partial charge >= 0.3 is 18.0 Å². The van der Waals surface area contributed by atoms with E-state index < -0.39 is 24.0 Å². The van der Waals surface area contributed by atoms with Crippen molar-refractivity contribution in [1.29, 1.82) is 0 Å². The third kappa shape index (κ3) is 4.59. The van der Waals surface area contributed by atoms with Gasteiger partial charge in [0.15, 0.2) is 5.60 Å². The summed E-state index contributed by atoms with van der Waals surface area (Å²) < 4.78 is 15.4. The van der Waals surface area contributed by atoms with Gasteiger partial charge in [-0.25, -0.2) is 4.79 Å². The highest BCUT2D eigenvalue weighted by atomic mass is 16.6. The number of carbonyl (C=O) groups excluding carboxylic acids is 3. The van der Waals surface area contributed by atoms with Crippen LogP contribution in [0.25, 0.3) is 0 Å². The molecule has 1 aromatic carbocycles. The summed E-state index contributed by atoms with van der Waals surface area (Å²) in [7, 11) is 2.59. The van der Waals surface area contributed by atoms with Crippen LogP contribution in [0.3, 0.4) is 0 Å². The van der Waals surface area contributed by atoms with Crippen molar-refractivity contribution in [2.24, 2.45) is 5.92 Å². The highest BCUT2D eigenvalue weighted by Gasteiger charge is 2.53. The Morgan fingerprint density at radius 2 is 1.97 bits per heavy atom. The number of esters is 2. The van der Waals surface area contributed by atoms with Crippen LogP contribution in [0.4, 0.5) is 4.79 Å². The second-order valence-corrected chi connectivity index (χ2v) is 7.75. The van der Waals surface area contributed by atoms with E-state index in [1.54, 1.807) is 4.90 Å². The van der Waals surface area contributed by atoms with Crippen molar-refractivity contribution >= 4 is 18.0 Å². The monoisotopic (exact) mass is 413 g/mol. The first-order chi connectivity index (χ1) is 14.4. The van der Waals surface area contributed by atoms with Crippen LogP contribution in [0, 0.1) is 24.7 Å². The van der Waals surface area contributed by atoms with Gasteiger partial charge in [-0.15, -0.1) is 0 Å². The molecule has 1 aromatic rings. The van der Waals surface area contributed by atoms with Crippen LogP contribution < -0.4 is 0 Å². The van der Waals surface area contributed by atoms with E-state index in [4.69, 9.17) is 9.47 Å². The minimum Gasteiger partial charge on any atom is -0.469 e. The molecule has 30 heavy (non-hydrogen) atoms. The molecule has 160 valence electrons. The van der Waals surface area contributed by atoms with Gasteiger partial charge in [0, 0.05) is 24.1 Å². The molecule has 1 aliphatic heterocycles. The fourth-order valence-electron chi connectivity index (χ4n) is 4.50. The number of nitrogens with zero attached hydrogens (tertiary/aromatic N) is 1. The minimum absolute atomic E-state index is 0.121. The number of hydrogen-bond acceptors (Lipinski definition) is 6. The SMILES string of the molecule is COC(=O)CC(=O)OC1(C#Cc2cccc(C)c2)CCCC2C1CCN2C(=O)OC. The smallest absolute Gasteiger partial charge is 0.409 e. The lowest BCUT2D eigenvalue weighted by molar-refractivity contribution is -0.167. The topological polar surface area (TPSA) is 82.1 Å². The molecule has 0 N–H and O–H groups in total. The summed E-state index contributed by atoms with van der Waals surface area (Å²) in [5.41, 5.74) is 0.835. The standard InChI is InChI=1S/C23H27NO6/c1-16-6-4-7-17(14-16)9-12-23(30-21(26)15-20(25)28-2)11-5-8-19-18(23)10-13-24(19)22(27)29-3/h4,6-7,14,18-19H,5,8,10-11,13,15H2,1-3H3. The first-order valence-corrected chi connectivity index (χ1v) is 10.1. The fraction of sp³-hybridized carbons (Fsp3) is 0.522. The van der Waals surface area contributed by atoms with E-state index in [1.807, 2.05) is 31.2 Å². The van der Waals surface area contributed by atoms with E-state index in [0.717, 1.165) is 24.0 Å². The molecule has 7 nitrogen and oxygen atoms in total. The van der Waals surface area contributed by atoms with Gasteiger partial charge in [-0.05, 0) is 56.2 Å². The van der Waals surface area contributed by atoms with E-state index in [2.05, 4.69) is 16.6 Å². The zero-order valence-electron chi connectivity index (χ0n) is 17.6. The number of aryl methyl sites for hydroxylation is 1. The minimum atomic E-state index is -1.07. The molecule has 0 spiro atoms. The van der Waals surface area contributed by atoms with Gasteiger partial charge in [-0.2, -0.15) is 0 Å². The number of benzene rings is 1. The molecular formula is C23H27NO6. The molecule has 1 saturated carbocycles. The fourth-order valence-corrected chi connectivity index (χ4v) is 4.50. The Balaban J connectivity index is 1.94. The Morgan fingerprint density at radius 1 is 1.17 bits per heavy atom. The number of methoxy groups -OCH3 is 2. The van der Waals surface area contributed by atoms with Gasteiger partial charge in [-0.1, -0.05) is 18.1 Å². The second kappa shape index (κ2) is 9.21. The average molecular weight is 413 g/mol. The molecule has 2 aliphatic rings. The Hall–Kier alpha value is -3.01. The summed E-state index contributed by atoms with van der Waals surface area (Å²) in [6, 6.07) is 7.66. The van der Waals surface area contributed by atoms with Crippen molar-refractivity contribution in [2.45, 2.75) is 50.7 Å². The number of hydrogen-bond donors (Lipinski definition) is 0. The first-order valence-electron chi connectivity index (χ1n) is 10.1. The molecule has 1 aliphatic carbocycles. The number of ether oxygens (including phenoxy) is 3. The summed E-state index contributed by atoms with van der Waals surface area (Å²) in [5, 5.41) is 0. The van der Waals surface area contributed by atoms with E-state index >= 15 is 0 Å². The maximum absolute atomic E-state index is 12.5. The van der Waals surface area contributed by atoms with Crippen molar-refractivity contribution in [3.05, 3.63) is 35.4 Å². The highest BCUT2D eigenvalue weighted by Crippen LogP contribution is 2.45. The second-order valence-electron chi connectivity index (χ2n) is 7.75. The summed E-state index contributed by atoms with van der Waals surface area (Å²) in [6.45, 7) is 2.50. The number of rotatable bonds is 3. The van der Waals surface area contributed by atoms with Gasteiger partial charge < -0.3 is 19.1 Å². The number of likely N-dealkylation sites (tertiary alicyclic amines) is 1. The van der Waals surface area contributed by atoms with Crippen LogP contribution in [0.5, 0.6) is 0 Å². The predicted molar refractivity (Wildman–Crippen MR) is 108 cm³/mol. The number of fused-ring (bicyclic) bond motifs is 1. The number of amides is 1. The highest BCUT2D eigenvalue weighted by molar-refractivity contribution is 5.91. The lowest BCUT2D eigenvalue weighted by Crippen LogP contribution is -2.52. The summed E-state index contributed by atoms with van der Waals surface area (Å²) in [4.78, 5) is 38.0. The third-order valence-corrected chi connectivity index (χ3v) is 5.85. The van der Waals surface area contributed by atoms with Crippen molar-refractivity contribution < 1.29 is 28.6 Å². The van der Waals surface area contributed by atoms with Crippen LogP contribution >= 0.6 is 0 Å². The van der Waals surface area contributed by atoms with E-state index in [9.17, 15) is 14.4 Å². The van der Waals surface area contributed by atoms with Gasteiger partial charge in [0.2, 0.25) is 0 Å². The Labute approximate surface area is 176 Å². The number of carbonyl (C=O) groups is 3. The van der Waals surface area contributed by atoms with E-state index in [0.29, 0.717) is 19.4 Å². The molecule has 1 heterocycles. The molecule has 3 atom stereocenters. The predicted octanol–water partition coefficient (Wildman–Crippen LogP) is 2.83. The molecule has 0 aromatic heterocycles. The Morgan fingerprint density at radius 3 is 2.67 bits per heavy atom. The first kappa shape index (κ1) is 21.7. The van der Waals surface area contributed by atoms with Crippen LogP contribution in [-0.4, -0.2) is 55.3 Å². The molecule has 0 radical (unpaired) electrons. The Kier molecular flexibility index (Phi) is 6.66. The maximum Gasteiger partial charge on any atom is 0.409 e. The molecule has 1 saturated heterocycles. The molecular weight excluding hydrogens is 386 g/mol. The quantitative estimate of drug-likeness (QED) is 0.328. The molecule has 2 fully saturated rings. The largest absolute Gasteiger partial charge is 0.469 e. The van der Waals surface area contributed by atoms with Gasteiger partial charge in [0.25, 0.3) is 0 Å². The van der Waals surface area contributed by atoms with Crippen molar-refractivity contribution in [3.8, 4) is 11.8 Å². The van der Waals surface area contributed by atoms with E-state index in [-0.39, 0.29) is 18.1 Å². The van der Waals surface area contributed by atoms with Crippen molar-refractivity contribution in [3.63, 3.8) is 0 Å². The molecule has 0 bridgehead atoms. The molecule has 1 amide bonds. The lowest BCUT2D eigenvalue weighted by Gasteiger charge is -2.42. The zero-order valence-corrected chi connectivity index (χ0v) is 17.6. The molecule has 3 unspecified atom stereocenters. The van der Waals surface area contributed by atoms with Crippen molar-refractivity contribution in [2.75, 3.05) is 20.8 Å². The van der Waals surface area contributed by atoms with Gasteiger partial charge in [0.05, 0.1) is 14.2 Å². The normalized spacial score (nSPS) is 24.8. The van der Waals surface area contributed by atoms with Crippen LogP contribution in [-0.2, 0) is 23.8 Å². The molecule has 7 heteroatoms. The van der Waals surface area contributed by atoms with Crippen LogP contribution in [0.15, 0.2) is 24.3 Å². The zero-order chi connectivity index (χ0) is 21.7. The lowest BCUT2D eigenvalue weighted by atomic mass is 9.72. The van der Waals surface area contributed by atoms with Gasteiger partial charge in [-0.3, -0.25) is 9.59 Å². The summed E-state index contributed by atoms with van der Waals surface area (Å²) in [6.07, 6.45) is 1.88. The summed E-state index contributed by atoms with van der Waals surface area (Å²) in [5.74, 6) is 4.91. The molecule has 3 rings (SSSR count). The summed E-state index contributed by atoms with van der Waals surface area (Å²) >= 11 is 0. The maximum atomic E-state index is 12.5. The van der Waals surface area contributed by atoms with E-state index in [1.165, 1.54) is 14.2 Å². The third-order valence-electron chi connectivity index (χ3n) is 5.85. The Bertz CT molecular complexity index is 885. The van der Waals surface area contributed by atoms with Gasteiger partial charge in [0.1, 0.15) is 6.42 Å².